The van der Waals surface area contributed by atoms with E-state index in [1.165, 1.54) is 0 Å². The summed E-state index contributed by atoms with van der Waals surface area (Å²) in [5.41, 5.74) is 11.3. The van der Waals surface area contributed by atoms with Crippen LogP contribution in [0.15, 0.2) is 53.5 Å². The first-order chi connectivity index (χ1) is 11.9. The number of aliphatic carboxylic acids is 1. The van der Waals surface area contributed by atoms with Gasteiger partial charge >= 0.3 is 5.97 Å². The molecule has 0 heterocycles. The first kappa shape index (κ1) is 18.3. The van der Waals surface area contributed by atoms with Crippen LogP contribution in [0, 0.1) is 0 Å². The molecule has 0 radical (unpaired) electrons. The largest absolute Gasteiger partial charge is 0.480 e. The Hall–Kier alpha value is -3.03. The molecule has 0 aromatic heterocycles. The zero-order valence-corrected chi connectivity index (χ0v) is 13.8. The van der Waals surface area contributed by atoms with E-state index in [-0.39, 0.29) is 12.3 Å². The van der Waals surface area contributed by atoms with Crippen LogP contribution in [0.1, 0.15) is 28.4 Å². The Morgan fingerprint density at radius 1 is 1.08 bits per heavy atom. The maximum atomic E-state index is 11.4. The van der Waals surface area contributed by atoms with Crippen molar-refractivity contribution in [3.8, 4) is 0 Å². The highest BCUT2D eigenvalue weighted by atomic mass is 16.4. The van der Waals surface area contributed by atoms with E-state index >= 15 is 0 Å². The number of nitrogens with one attached hydrogen (secondary N) is 1. The molecule has 6 N–H and O–H groups in total. The van der Waals surface area contributed by atoms with Gasteiger partial charge in [-0.3, -0.25) is 20.0 Å². The van der Waals surface area contributed by atoms with Gasteiger partial charge in [0.25, 0.3) is 5.91 Å². The fourth-order valence-electron chi connectivity index (χ4n) is 2.25. The molecule has 0 aliphatic carbocycles. The van der Waals surface area contributed by atoms with E-state index in [0.717, 1.165) is 16.8 Å². The molecule has 0 aliphatic heterocycles. The summed E-state index contributed by atoms with van der Waals surface area (Å²) >= 11 is 0. The highest BCUT2D eigenvalue weighted by Crippen LogP contribution is 2.16. The lowest BCUT2D eigenvalue weighted by molar-refractivity contribution is -0.138. The lowest BCUT2D eigenvalue weighted by Gasteiger charge is -2.08. The minimum atomic E-state index is -1.02. The van der Waals surface area contributed by atoms with E-state index in [4.69, 9.17) is 16.7 Å². The molecule has 7 nitrogen and oxygen atoms in total. The number of carboxylic acid groups (broad SMARTS) is 1. The lowest BCUT2D eigenvalue weighted by Crippen LogP contribution is -2.32. The molecule has 2 aromatic rings. The zero-order valence-electron chi connectivity index (χ0n) is 13.8. The fraction of sp³-hybridized carbons (Fsp3) is 0.167. The van der Waals surface area contributed by atoms with E-state index in [1.807, 2.05) is 31.2 Å². The molecule has 0 spiro atoms. The maximum Gasteiger partial charge on any atom is 0.320 e. The van der Waals surface area contributed by atoms with Crippen molar-refractivity contribution in [3.63, 3.8) is 0 Å². The van der Waals surface area contributed by atoms with Crippen molar-refractivity contribution in [2.75, 3.05) is 0 Å². The molecule has 1 amide bonds. The standard InChI is InChI=1S/C18H20N4O3/c1-11(21-15-8-6-14(7-9-15)17(23)22-20)13-4-2-12(3-5-13)10-16(19)18(24)25/h2-9,16H,10,19-20H2,1H3,(H,22,23)(H,24,25)/b21-11-/t16-/m0/s1. The van der Waals surface area contributed by atoms with Gasteiger partial charge in [-0.2, -0.15) is 0 Å². The van der Waals surface area contributed by atoms with Crippen molar-refractivity contribution in [2.45, 2.75) is 19.4 Å². The third-order valence-corrected chi connectivity index (χ3v) is 3.70. The third-order valence-electron chi connectivity index (χ3n) is 3.70. The van der Waals surface area contributed by atoms with Crippen LogP contribution in [0.2, 0.25) is 0 Å². The number of carboxylic acids is 1. The van der Waals surface area contributed by atoms with E-state index in [2.05, 4.69) is 10.4 Å². The van der Waals surface area contributed by atoms with Gasteiger partial charge in [0.1, 0.15) is 6.04 Å². The number of carbonyl (C=O) groups excluding carboxylic acids is 1. The van der Waals surface area contributed by atoms with Crippen LogP contribution in [0.25, 0.3) is 0 Å². The van der Waals surface area contributed by atoms with Gasteiger partial charge in [-0.1, -0.05) is 24.3 Å². The fourth-order valence-corrected chi connectivity index (χ4v) is 2.25. The number of hydrazine groups is 1. The highest BCUT2D eigenvalue weighted by molar-refractivity contribution is 6.00. The number of nitrogens with zero attached hydrogens (tertiary/aromatic N) is 1. The Kier molecular flexibility index (Phi) is 5.99. The molecular weight excluding hydrogens is 320 g/mol. The second kappa shape index (κ2) is 8.18. The van der Waals surface area contributed by atoms with Gasteiger partial charge in [-0.05, 0) is 48.7 Å². The summed E-state index contributed by atoms with van der Waals surface area (Å²) in [6.45, 7) is 1.87. The van der Waals surface area contributed by atoms with Crippen molar-refractivity contribution in [2.24, 2.45) is 16.6 Å². The average Bonchev–Trinajstić information content (AvgIpc) is 2.62. The number of hydrogen-bond donors (Lipinski definition) is 4. The summed E-state index contributed by atoms with van der Waals surface area (Å²) in [4.78, 5) is 26.7. The molecule has 0 saturated carbocycles. The van der Waals surface area contributed by atoms with Crippen LogP contribution < -0.4 is 17.0 Å². The molecule has 7 heteroatoms. The highest BCUT2D eigenvalue weighted by Gasteiger charge is 2.12. The van der Waals surface area contributed by atoms with Crippen LogP contribution in [-0.4, -0.2) is 28.7 Å². The number of aliphatic imine (C=N–C) groups is 1. The van der Waals surface area contributed by atoms with Crippen molar-refractivity contribution in [1.82, 2.24) is 5.43 Å². The summed E-state index contributed by atoms with van der Waals surface area (Å²) in [5, 5.41) is 8.84. The van der Waals surface area contributed by atoms with Crippen LogP contribution in [0.4, 0.5) is 5.69 Å². The van der Waals surface area contributed by atoms with Crippen LogP contribution in [0.5, 0.6) is 0 Å². The predicted molar refractivity (Wildman–Crippen MR) is 95.7 cm³/mol. The van der Waals surface area contributed by atoms with Crippen molar-refractivity contribution >= 4 is 23.3 Å². The Labute approximate surface area is 145 Å². The lowest BCUT2D eigenvalue weighted by atomic mass is 10.0. The molecule has 1 atom stereocenters. The topological polar surface area (TPSA) is 131 Å². The van der Waals surface area contributed by atoms with Crippen LogP contribution in [-0.2, 0) is 11.2 Å². The van der Waals surface area contributed by atoms with Gasteiger partial charge in [0.05, 0.1) is 5.69 Å². The quantitative estimate of drug-likeness (QED) is 0.273. The van der Waals surface area contributed by atoms with Crippen LogP contribution in [0.3, 0.4) is 0 Å². The van der Waals surface area contributed by atoms with Gasteiger partial charge in [0, 0.05) is 11.3 Å². The number of rotatable bonds is 6. The molecule has 0 aliphatic rings. The summed E-state index contributed by atoms with van der Waals surface area (Å²) in [6.07, 6.45) is 0.274. The molecular formula is C18H20N4O3. The molecule has 0 fully saturated rings. The minimum Gasteiger partial charge on any atom is -0.480 e. The van der Waals surface area contributed by atoms with Gasteiger partial charge < -0.3 is 10.8 Å². The monoisotopic (exact) mass is 340 g/mol. The number of benzene rings is 2. The predicted octanol–water partition coefficient (Wildman–Crippen LogP) is 1.39. The maximum absolute atomic E-state index is 11.4. The molecule has 130 valence electrons. The van der Waals surface area contributed by atoms with E-state index in [0.29, 0.717) is 11.3 Å². The summed E-state index contributed by atoms with van der Waals surface area (Å²) < 4.78 is 0. The summed E-state index contributed by atoms with van der Waals surface area (Å²) in [5.74, 6) is 3.71. The summed E-state index contributed by atoms with van der Waals surface area (Å²) in [6, 6.07) is 13.3. The van der Waals surface area contributed by atoms with Gasteiger partial charge in [-0.15, -0.1) is 0 Å². The molecule has 2 rings (SSSR count). The van der Waals surface area contributed by atoms with Crippen LogP contribution >= 0.6 is 0 Å². The second-order valence-electron chi connectivity index (χ2n) is 5.56. The number of amides is 1. The van der Waals surface area contributed by atoms with Crippen molar-refractivity contribution < 1.29 is 14.7 Å². The second-order valence-corrected chi connectivity index (χ2v) is 5.56. The number of nitrogens with two attached hydrogens (primary N) is 2. The first-order valence-electron chi connectivity index (χ1n) is 7.64. The average molecular weight is 340 g/mol. The number of hydrogen-bond acceptors (Lipinski definition) is 5. The van der Waals surface area contributed by atoms with E-state index in [1.54, 1.807) is 24.3 Å². The Morgan fingerprint density at radius 3 is 2.16 bits per heavy atom. The third kappa shape index (κ3) is 4.97. The number of nitrogen functional groups attached to an aromatic ring is 1. The SMILES string of the molecule is C/C(=N/c1ccc(C(=O)NN)cc1)c1ccc(C[C@H](N)C(=O)O)cc1. The Morgan fingerprint density at radius 2 is 1.64 bits per heavy atom. The first-order valence-corrected chi connectivity index (χ1v) is 7.64. The molecule has 0 unspecified atom stereocenters. The number of carbonyl (C=O) groups is 2. The van der Waals surface area contributed by atoms with E-state index < -0.39 is 12.0 Å². The molecule has 0 saturated heterocycles. The van der Waals surface area contributed by atoms with Crippen molar-refractivity contribution in [3.05, 3.63) is 65.2 Å². The molecule has 2 aromatic carbocycles. The molecule has 0 bridgehead atoms. The molecule has 25 heavy (non-hydrogen) atoms. The summed E-state index contributed by atoms with van der Waals surface area (Å²) in [7, 11) is 0. The van der Waals surface area contributed by atoms with Gasteiger partial charge in [0.15, 0.2) is 0 Å². The van der Waals surface area contributed by atoms with Gasteiger partial charge in [-0.25, -0.2) is 5.84 Å². The van der Waals surface area contributed by atoms with Crippen molar-refractivity contribution in [1.29, 1.82) is 0 Å². The Balaban J connectivity index is 2.11. The van der Waals surface area contributed by atoms with E-state index in [9.17, 15) is 9.59 Å². The smallest absolute Gasteiger partial charge is 0.320 e. The zero-order chi connectivity index (χ0) is 18.4. The van der Waals surface area contributed by atoms with Gasteiger partial charge in [0.2, 0.25) is 0 Å². The normalized spacial score (nSPS) is 12.5. The minimum absolute atomic E-state index is 0.274. The Bertz CT molecular complexity index is 783.